The van der Waals surface area contributed by atoms with Gasteiger partial charge in [-0.05, 0) is 60.1 Å². The molecule has 0 radical (unpaired) electrons. The highest BCUT2D eigenvalue weighted by atomic mass is 32.2. The molecule has 0 bridgehead atoms. The first-order valence-electron chi connectivity index (χ1n) is 8.05. The minimum absolute atomic E-state index is 0.643. The maximum absolute atomic E-state index is 12.6. The summed E-state index contributed by atoms with van der Waals surface area (Å²) in [5.41, 5.74) is 2.62. The van der Waals surface area contributed by atoms with E-state index in [0.29, 0.717) is 11.8 Å². The molecule has 0 N–H and O–H groups in total. The van der Waals surface area contributed by atoms with Crippen molar-refractivity contribution < 1.29 is 4.21 Å². The molecule has 118 valence electrons. The Kier molecular flexibility index (Phi) is 5.96. The maximum Gasteiger partial charge on any atom is 0.0849 e. The van der Waals surface area contributed by atoms with Crippen LogP contribution in [0.1, 0.15) is 38.8 Å². The van der Waals surface area contributed by atoms with Crippen LogP contribution in [0.5, 0.6) is 0 Å². The van der Waals surface area contributed by atoms with Gasteiger partial charge in [0.1, 0.15) is 0 Å². The molecule has 0 spiro atoms. The van der Waals surface area contributed by atoms with Crippen LogP contribution >= 0.6 is 0 Å². The molecule has 0 unspecified atom stereocenters. The SMILES string of the molecule is CC(C)Cc1ccc(S(=O)c2ccc(CC(C)C)cc2)cc1. The Labute approximate surface area is 137 Å². The van der Waals surface area contributed by atoms with Crippen molar-refractivity contribution in [2.75, 3.05) is 0 Å². The molecule has 0 aromatic heterocycles. The Hall–Kier alpha value is -1.41. The van der Waals surface area contributed by atoms with E-state index >= 15 is 0 Å². The number of hydrogen-bond acceptors (Lipinski definition) is 1. The lowest BCUT2D eigenvalue weighted by Crippen LogP contribution is -1.97. The smallest absolute Gasteiger partial charge is 0.0849 e. The molecule has 0 aliphatic heterocycles. The van der Waals surface area contributed by atoms with Gasteiger partial charge in [-0.2, -0.15) is 0 Å². The van der Waals surface area contributed by atoms with Gasteiger partial charge in [0.25, 0.3) is 0 Å². The van der Waals surface area contributed by atoms with Gasteiger partial charge in [0.15, 0.2) is 0 Å². The largest absolute Gasteiger partial charge is 0.249 e. The highest BCUT2D eigenvalue weighted by molar-refractivity contribution is 7.85. The molecule has 2 heteroatoms. The Morgan fingerprint density at radius 3 is 1.27 bits per heavy atom. The van der Waals surface area contributed by atoms with E-state index in [1.54, 1.807) is 0 Å². The molecular formula is C20H26OS. The van der Waals surface area contributed by atoms with Gasteiger partial charge in [-0.3, -0.25) is 0 Å². The first-order valence-corrected chi connectivity index (χ1v) is 9.20. The van der Waals surface area contributed by atoms with Crippen LogP contribution < -0.4 is 0 Å². The fraction of sp³-hybridized carbons (Fsp3) is 0.400. The second-order valence-electron chi connectivity index (χ2n) is 6.75. The minimum atomic E-state index is -1.09. The van der Waals surface area contributed by atoms with Crippen LogP contribution in [0, 0.1) is 11.8 Å². The third kappa shape index (κ3) is 4.81. The minimum Gasteiger partial charge on any atom is -0.249 e. The van der Waals surface area contributed by atoms with E-state index in [0.717, 1.165) is 22.6 Å². The average Bonchev–Trinajstić information content (AvgIpc) is 2.47. The highest BCUT2D eigenvalue weighted by Crippen LogP contribution is 2.19. The summed E-state index contributed by atoms with van der Waals surface area (Å²) in [5.74, 6) is 1.29. The summed E-state index contributed by atoms with van der Waals surface area (Å²) >= 11 is 0. The number of hydrogen-bond donors (Lipinski definition) is 0. The molecule has 0 amide bonds. The van der Waals surface area contributed by atoms with Gasteiger partial charge in [-0.1, -0.05) is 52.0 Å². The molecule has 2 aromatic carbocycles. The summed E-state index contributed by atoms with van der Waals surface area (Å²) in [6, 6.07) is 16.4. The average molecular weight is 314 g/mol. The molecule has 2 rings (SSSR count). The lowest BCUT2D eigenvalue weighted by molar-refractivity contribution is 0.647. The lowest BCUT2D eigenvalue weighted by Gasteiger charge is -2.08. The third-order valence-electron chi connectivity index (χ3n) is 3.56. The molecule has 0 aliphatic rings. The molecule has 2 aromatic rings. The first kappa shape index (κ1) is 17.0. The molecular weight excluding hydrogens is 288 g/mol. The van der Waals surface area contributed by atoms with Crippen LogP contribution in [0.2, 0.25) is 0 Å². The zero-order chi connectivity index (χ0) is 16.1. The van der Waals surface area contributed by atoms with Crippen LogP contribution in [0.4, 0.5) is 0 Å². The standard InChI is InChI=1S/C20H26OS/c1-15(2)13-17-5-9-19(10-6-17)22(21)20-11-7-18(8-12-20)14-16(3)4/h5-12,15-16H,13-14H2,1-4H3. The normalized spacial score (nSPS) is 11.6. The number of benzene rings is 2. The van der Waals surface area contributed by atoms with E-state index in [4.69, 9.17) is 0 Å². The van der Waals surface area contributed by atoms with Crippen molar-refractivity contribution in [1.29, 1.82) is 0 Å². The van der Waals surface area contributed by atoms with Crippen molar-refractivity contribution in [3.05, 3.63) is 59.7 Å². The van der Waals surface area contributed by atoms with Gasteiger partial charge >= 0.3 is 0 Å². The fourth-order valence-electron chi connectivity index (χ4n) is 2.58. The van der Waals surface area contributed by atoms with E-state index in [2.05, 4.69) is 52.0 Å². The Bertz CT molecular complexity index is 554. The Morgan fingerprint density at radius 2 is 1.00 bits per heavy atom. The van der Waals surface area contributed by atoms with Crippen LogP contribution in [-0.2, 0) is 23.6 Å². The monoisotopic (exact) mass is 314 g/mol. The van der Waals surface area contributed by atoms with E-state index in [1.165, 1.54) is 11.1 Å². The summed E-state index contributed by atoms with van der Waals surface area (Å²) in [7, 11) is -1.09. The highest BCUT2D eigenvalue weighted by Gasteiger charge is 2.08. The third-order valence-corrected chi connectivity index (χ3v) is 4.96. The molecule has 0 fully saturated rings. The summed E-state index contributed by atoms with van der Waals surface area (Å²) in [6.07, 6.45) is 2.13. The van der Waals surface area contributed by atoms with Crippen LogP contribution in [0.25, 0.3) is 0 Å². The molecule has 0 saturated heterocycles. The van der Waals surface area contributed by atoms with Crippen molar-refractivity contribution >= 4 is 10.8 Å². The Balaban J connectivity index is 2.10. The molecule has 1 nitrogen and oxygen atoms in total. The van der Waals surface area contributed by atoms with Crippen molar-refractivity contribution in [2.24, 2.45) is 11.8 Å². The molecule has 0 heterocycles. The van der Waals surface area contributed by atoms with Gasteiger partial charge < -0.3 is 0 Å². The van der Waals surface area contributed by atoms with Gasteiger partial charge in [-0.25, -0.2) is 4.21 Å². The predicted octanol–water partition coefficient (Wildman–Crippen LogP) is 5.25. The van der Waals surface area contributed by atoms with Crippen LogP contribution in [-0.4, -0.2) is 4.21 Å². The van der Waals surface area contributed by atoms with Gasteiger partial charge in [-0.15, -0.1) is 0 Å². The number of rotatable bonds is 6. The predicted molar refractivity (Wildman–Crippen MR) is 94.6 cm³/mol. The quantitative estimate of drug-likeness (QED) is 0.711. The summed E-state index contributed by atoms with van der Waals surface area (Å²) in [4.78, 5) is 1.76. The molecule has 0 saturated carbocycles. The maximum atomic E-state index is 12.6. The molecule has 0 aliphatic carbocycles. The fourth-order valence-corrected chi connectivity index (χ4v) is 3.62. The molecule has 22 heavy (non-hydrogen) atoms. The van der Waals surface area contributed by atoms with E-state index in [9.17, 15) is 4.21 Å². The zero-order valence-corrected chi connectivity index (χ0v) is 14.8. The van der Waals surface area contributed by atoms with E-state index in [1.807, 2.05) is 24.3 Å². The zero-order valence-electron chi connectivity index (χ0n) is 14.0. The molecule has 0 atom stereocenters. The summed E-state index contributed by atoms with van der Waals surface area (Å²) in [5, 5.41) is 0. The summed E-state index contributed by atoms with van der Waals surface area (Å²) in [6.45, 7) is 8.85. The van der Waals surface area contributed by atoms with Gasteiger partial charge in [0, 0.05) is 9.79 Å². The van der Waals surface area contributed by atoms with Crippen molar-refractivity contribution in [3.8, 4) is 0 Å². The van der Waals surface area contributed by atoms with Crippen molar-refractivity contribution in [3.63, 3.8) is 0 Å². The second-order valence-corrected chi connectivity index (χ2v) is 8.23. The lowest BCUT2D eigenvalue weighted by atomic mass is 10.0. The van der Waals surface area contributed by atoms with E-state index in [-0.39, 0.29) is 0 Å². The topological polar surface area (TPSA) is 17.1 Å². The van der Waals surface area contributed by atoms with Crippen molar-refractivity contribution in [1.82, 2.24) is 0 Å². The first-order chi connectivity index (χ1) is 10.5. The van der Waals surface area contributed by atoms with Gasteiger partial charge in [0.2, 0.25) is 0 Å². The second kappa shape index (κ2) is 7.73. The van der Waals surface area contributed by atoms with Crippen molar-refractivity contribution in [2.45, 2.75) is 50.3 Å². The summed E-state index contributed by atoms with van der Waals surface area (Å²) < 4.78 is 12.6. The van der Waals surface area contributed by atoms with E-state index < -0.39 is 10.8 Å². The Morgan fingerprint density at radius 1 is 0.682 bits per heavy atom. The van der Waals surface area contributed by atoms with Crippen LogP contribution in [0.3, 0.4) is 0 Å². The van der Waals surface area contributed by atoms with Crippen LogP contribution in [0.15, 0.2) is 58.3 Å². The van der Waals surface area contributed by atoms with Gasteiger partial charge in [0.05, 0.1) is 10.8 Å².